The zero-order valence-corrected chi connectivity index (χ0v) is 14.4. The van der Waals surface area contributed by atoms with Crippen LogP contribution in [0.5, 0.6) is 0 Å². The normalized spacial score (nSPS) is 13.5. The van der Waals surface area contributed by atoms with Crippen LogP contribution in [0, 0.1) is 0 Å². The molecule has 0 saturated carbocycles. The summed E-state index contributed by atoms with van der Waals surface area (Å²) < 4.78 is 29.6. The summed E-state index contributed by atoms with van der Waals surface area (Å²) in [6.45, 7) is 2.19. The van der Waals surface area contributed by atoms with Crippen LogP contribution in [-0.2, 0) is 10.1 Å². The zero-order valence-electron chi connectivity index (χ0n) is 13.6. The zero-order chi connectivity index (χ0) is 16.0. The molecule has 0 aliphatic rings. The molecule has 5 heteroatoms. The lowest BCUT2D eigenvalue weighted by molar-refractivity contribution is 0.147. The van der Waals surface area contributed by atoms with Crippen LogP contribution in [0.25, 0.3) is 0 Å². The smallest absolute Gasteiger partial charge is 0.264 e. The standard InChI is InChI=1S/C16H34O4S/c1-2-3-4-10-13-16(17)14-11-8-6-5-7-9-12-15-21(18,19)20/h16-17H,2-15H2,1H3,(H,18,19,20). The van der Waals surface area contributed by atoms with Crippen molar-refractivity contribution >= 4 is 10.1 Å². The first kappa shape index (κ1) is 20.9. The van der Waals surface area contributed by atoms with Gasteiger partial charge in [0.05, 0.1) is 11.9 Å². The van der Waals surface area contributed by atoms with Gasteiger partial charge in [0.2, 0.25) is 0 Å². The number of rotatable bonds is 15. The summed E-state index contributed by atoms with van der Waals surface area (Å²) in [5.41, 5.74) is 0. The largest absolute Gasteiger partial charge is 0.393 e. The Balaban J connectivity index is 3.21. The van der Waals surface area contributed by atoms with Gasteiger partial charge in [-0.25, -0.2) is 0 Å². The van der Waals surface area contributed by atoms with Gasteiger partial charge in [-0.1, -0.05) is 71.1 Å². The second kappa shape index (κ2) is 13.5. The highest BCUT2D eigenvalue weighted by molar-refractivity contribution is 7.85. The summed E-state index contributed by atoms with van der Waals surface area (Å²) >= 11 is 0. The van der Waals surface area contributed by atoms with E-state index >= 15 is 0 Å². The molecule has 0 bridgehead atoms. The van der Waals surface area contributed by atoms with E-state index in [0.717, 1.165) is 57.8 Å². The monoisotopic (exact) mass is 322 g/mol. The van der Waals surface area contributed by atoms with E-state index in [4.69, 9.17) is 4.55 Å². The highest BCUT2D eigenvalue weighted by Crippen LogP contribution is 2.13. The molecular formula is C16H34O4S. The topological polar surface area (TPSA) is 74.6 Å². The highest BCUT2D eigenvalue weighted by atomic mass is 32.2. The first-order chi connectivity index (χ1) is 9.95. The van der Waals surface area contributed by atoms with Crippen molar-refractivity contribution < 1.29 is 18.1 Å². The summed E-state index contributed by atoms with van der Waals surface area (Å²) in [6.07, 6.45) is 13.5. The van der Waals surface area contributed by atoms with Crippen molar-refractivity contribution in [3.8, 4) is 0 Å². The van der Waals surface area contributed by atoms with Crippen LogP contribution in [0.4, 0.5) is 0 Å². The summed E-state index contributed by atoms with van der Waals surface area (Å²) in [7, 11) is -3.77. The molecule has 0 aromatic heterocycles. The van der Waals surface area contributed by atoms with Crippen molar-refractivity contribution in [1.82, 2.24) is 0 Å². The Bertz CT molecular complexity index is 314. The Labute approximate surface area is 131 Å². The molecule has 0 heterocycles. The lowest BCUT2D eigenvalue weighted by Crippen LogP contribution is -2.05. The molecule has 0 aromatic carbocycles. The van der Waals surface area contributed by atoms with E-state index in [9.17, 15) is 13.5 Å². The molecule has 4 nitrogen and oxygen atoms in total. The minimum absolute atomic E-state index is 0.114. The second-order valence-corrected chi connectivity index (χ2v) is 7.62. The first-order valence-corrected chi connectivity index (χ1v) is 10.2. The summed E-state index contributed by atoms with van der Waals surface area (Å²) in [5, 5.41) is 9.82. The van der Waals surface area contributed by atoms with Crippen LogP contribution in [0.15, 0.2) is 0 Å². The van der Waals surface area contributed by atoms with E-state index in [-0.39, 0.29) is 11.9 Å². The average Bonchev–Trinajstić information content (AvgIpc) is 2.40. The Morgan fingerprint density at radius 1 is 0.762 bits per heavy atom. The van der Waals surface area contributed by atoms with E-state index in [0.29, 0.717) is 6.42 Å². The minimum atomic E-state index is -3.77. The molecule has 0 amide bonds. The van der Waals surface area contributed by atoms with Crippen LogP contribution in [0.2, 0.25) is 0 Å². The van der Waals surface area contributed by atoms with Crippen molar-refractivity contribution in [3.63, 3.8) is 0 Å². The molecular weight excluding hydrogens is 288 g/mol. The molecule has 0 aliphatic carbocycles. The Hall–Kier alpha value is -0.130. The molecule has 0 saturated heterocycles. The highest BCUT2D eigenvalue weighted by Gasteiger charge is 2.04. The maximum atomic E-state index is 10.5. The fourth-order valence-corrected chi connectivity index (χ4v) is 3.07. The van der Waals surface area contributed by atoms with Crippen molar-refractivity contribution in [1.29, 1.82) is 0 Å². The molecule has 1 unspecified atom stereocenters. The maximum absolute atomic E-state index is 10.5. The van der Waals surface area contributed by atoms with Gasteiger partial charge in [-0.2, -0.15) is 8.42 Å². The number of unbranched alkanes of at least 4 members (excludes halogenated alkanes) is 9. The summed E-state index contributed by atoms with van der Waals surface area (Å²) in [6, 6.07) is 0. The van der Waals surface area contributed by atoms with Gasteiger partial charge in [0.25, 0.3) is 10.1 Å². The third-order valence-corrected chi connectivity index (χ3v) is 4.64. The van der Waals surface area contributed by atoms with Crippen LogP contribution >= 0.6 is 0 Å². The average molecular weight is 323 g/mol. The summed E-state index contributed by atoms with van der Waals surface area (Å²) in [4.78, 5) is 0. The fraction of sp³-hybridized carbons (Fsp3) is 1.00. The van der Waals surface area contributed by atoms with Crippen LogP contribution in [0.3, 0.4) is 0 Å². The molecule has 0 spiro atoms. The van der Waals surface area contributed by atoms with Gasteiger partial charge in [-0.3, -0.25) is 4.55 Å². The van der Waals surface area contributed by atoms with Gasteiger partial charge >= 0.3 is 0 Å². The van der Waals surface area contributed by atoms with Crippen molar-refractivity contribution in [3.05, 3.63) is 0 Å². The maximum Gasteiger partial charge on any atom is 0.264 e. The molecule has 128 valence electrons. The third kappa shape index (κ3) is 17.8. The van der Waals surface area contributed by atoms with Crippen LogP contribution in [-0.4, -0.2) is 29.9 Å². The predicted octanol–water partition coefficient (Wildman–Crippen LogP) is 4.33. The van der Waals surface area contributed by atoms with Gasteiger partial charge in [0, 0.05) is 0 Å². The van der Waals surface area contributed by atoms with Gasteiger partial charge < -0.3 is 5.11 Å². The number of aliphatic hydroxyl groups is 1. The molecule has 2 N–H and O–H groups in total. The van der Waals surface area contributed by atoms with E-state index in [1.165, 1.54) is 19.3 Å². The van der Waals surface area contributed by atoms with Crippen LogP contribution < -0.4 is 0 Å². The number of hydrogen-bond donors (Lipinski definition) is 2. The van der Waals surface area contributed by atoms with Crippen molar-refractivity contribution in [2.75, 3.05) is 5.75 Å². The Morgan fingerprint density at radius 2 is 1.19 bits per heavy atom. The lowest BCUT2D eigenvalue weighted by Gasteiger charge is -2.10. The quantitative estimate of drug-likeness (QED) is 0.348. The molecule has 1 atom stereocenters. The van der Waals surface area contributed by atoms with Crippen LogP contribution in [0.1, 0.15) is 90.4 Å². The molecule has 0 fully saturated rings. The first-order valence-electron chi connectivity index (χ1n) is 8.59. The minimum Gasteiger partial charge on any atom is -0.393 e. The Kier molecular flexibility index (Phi) is 13.4. The lowest BCUT2D eigenvalue weighted by atomic mass is 10.0. The molecule has 0 rings (SSSR count). The van der Waals surface area contributed by atoms with Crippen molar-refractivity contribution in [2.24, 2.45) is 0 Å². The SMILES string of the molecule is CCCCCCC(O)CCCCCCCCCS(=O)(=O)O. The van der Waals surface area contributed by atoms with Gasteiger partial charge in [-0.05, 0) is 19.3 Å². The molecule has 0 radical (unpaired) electrons. The molecule has 0 aliphatic heterocycles. The van der Waals surface area contributed by atoms with Gasteiger partial charge in [0.15, 0.2) is 0 Å². The summed E-state index contributed by atoms with van der Waals surface area (Å²) in [5.74, 6) is -0.114. The van der Waals surface area contributed by atoms with E-state index < -0.39 is 10.1 Å². The number of aliphatic hydroxyl groups excluding tert-OH is 1. The van der Waals surface area contributed by atoms with E-state index in [1.54, 1.807) is 0 Å². The van der Waals surface area contributed by atoms with E-state index in [1.807, 2.05) is 0 Å². The molecule has 0 aromatic rings. The van der Waals surface area contributed by atoms with E-state index in [2.05, 4.69) is 6.92 Å². The third-order valence-electron chi connectivity index (χ3n) is 3.83. The van der Waals surface area contributed by atoms with Gasteiger partial charge in [0.1, 0.15) is 0 Å². The van der Waals surface area contributed by atoms with Gasteiger partial charge in [-0.15, -0.1) is 0 Å². The van der Waals surface area contributed by atoms with Crippen molar-refractivity contribution in [2.45, 2.75) is 96.5 Å². The molecule has 21 heavy (non-hydrogen) atoms. The fourth-order valence-electron chi connectivity index (χ4n) is 2.50. The predicted molar refractivity (Wildman–Crippen MR) is 88.1 cm³/mol. The Morgan fingerprint density at radius 3 is 1.67 bits per heavy atom. The number of hydrogen-bond acceptors (Lipinski definition) is 3. The second-order valence-electron chi connectivity index (χ2n) is 6.05.